The molecule has 0 spiro atoms. The van der Waals surface area contributed by atoms with Crippen LogP contribution < -0.4 is 5.19 Å². The molecule has 0 amide bonds. The van der Waals surface area contributed by atoms with Gasteiger partial charge in [0, 0.05) is 13.0 Å². The highest BCUT2D eigenvalue weighted by molar-refractivity contribution is 6.95. The number of benzene rings is 1. The first-order valence-corrected chi connectivity index (χ1v) is 12.4. The first-order valence-electron chi connectivity index (χ1n) is 9.39. The molecule has 0 unspecified atom stereocenters. The Morgan fingerprint density at radius 2 is 1.87 bits per heavy atom. The molecule has 0 heterocycles. The largest absolute Gasteiger partial charge is 0.381 e. The third kappa shape index (κ3) is 4.81. The van der Waals surface area contributed by atoms with Crippen LogP contribution in [0.15, 0.2) is 41.6 Å². The van der Waals surface area contributed by atoms with Crippen molar-refractivity contribution in [1.82, 2.24) is 0 Å². The predicted octanol–water partition coefficient (Wildman–Crippen LogP) is 5.46. The average molecular weight is 331 g/mol. The van der Waals surface area contributed by atoms with Crippen LogP contribution in [0, 0.1) is 5.92 Å². The van der Waals surface area contributed by atoms with Gasteiger partial charge in [-0.3, -0.25) is 0 Å². The highest BCUT2D eigenvalue weighted by Crippen LogP contribution is 2.31. The number of ether oxygens (including phenoxy) is 1. The second-order valence-corrected chi connectivity index (χ2v) is 12.0. The lowest BCUT2D eigenvalue weighted by molar-refractivity contribution is 0.0413. The fourth-order valence-corrected chi connectivity index (χ4v) is 6.71. The molecule has 0 aliphatic heterocycles. The molecule has 0 saturated heterocycles. The van der Waals surface area contributed by atoms with Gasteiger partial charge in [0.05, 0.1) is 6.10 Å². The zero-order chi connectivity index (χ0) is 16.7. The lowest BCUT2D eigenvalue weighted by Gasteiger charge is -2.33. The molecule has 2 atom stereocenters. The Bertz CT molecular complexity index is 492. The molecular formula is C21H34OSi. The summed E-state index contributed by atoms with van der Waals surface area (Å²) < 4.78 is 5.80. The Morgan fingerprint density at radius 1 is 1.17 bits per heavy atom. The Kier molecular flexibility index (Phi) is 7.10. The molecule has 0 bridgehead atoms. The summed E-state index contributed by atoms with van der Waals surface area (Å²) in [6, 6.07) is 11.2. The number of allylic oxidation sites excluding steroid dienone is 1. The third-order valence-corrected chi connectivity index (χ3v) is 9.37. The lowest BCUT2D eigenvalue weighted by Crippen LogP contribution is -2.44. The quantitative estimate of drug-likeness (QED) is 0.603. The van der Waals surface area contributed by atoms with E-state index in [0.717, 1.165) is 0 Å². The summed E-state index contributed by atoms with van der Waals surface area (Å²) in [5.41, 5.74) is 0. The number of hydrogen-bond donors (Lipinski definition) is 0. The lowest BCUT2D eigenvalue weighted by atomic mass is 9.86. The molecule has 1 aliphatic rings. The van der Waals surface area contributed by atoms with E-state index in [9.17, 15) is 0 Å². The maximum atomic E-state index is 5.80. The summed E-state index contributed by atoms with van der Waals surface area (Å²) in [6.45, 7) is 7.34. The maximum absolute atomic E-state index is 5.80. The van der Waals surface area contributed by atoms with Gasteiger partial charge in [-0.1, -0.05) is 92.5 Å². The van der Waals surface area contributed by atoms with Crippen molar-refractivity contribution >= 4 is 13.3 Å². The van der Waals surface area contributed by atoms with Gasteiger partial charge in [-0.15, -0.1) is 0 Å². The van der Waals surface area contributed by atoms with Gasteiger partial charge in [-0.25, -0.2) is 0 Å². The van der Waals surface area contributed by atoms with Crippen LogP contribution >= 0.6 is 0 Å². The van der Waals surface area contributed by atoms with Crippen LogP contribution in [0.4, 0.5) is 0 Å². The van der Waals surface area contributed by atoms with Gasteiger partial charge in [0.15, 0.2) is 0 Å². The fourth-order valence-electron chi connectivity index (χ4n) is 3.88. The molecule has 2 heteroatoms. The van der Waals surface area contributed by atoms with Crippen molar-refractivity contribution in [3.63, 3.8) is 0 Å². The van der Waals surface area contributed by atoms with Crippen LogP contribution in [0.2, 0.25) is 13.1 Å². The van der Waals surface area contributed by atoms with Gasteiger partial charge in [0.1, 0.15) is 8.07 Å². The van der Waals surface area contributed by atoms with E-state index in [1.807, 2.05) is 7.11 Å². The summed E-state index contributed by atoms with van der Waals surface area (Å²) in [5.74, 6) is 0.621. The van der Waals surface area contributed by atoms with Crippen LogP contribution in [0.1, 0.15) is 51.9 Å². The van der Waals surface area contributed by atoms with E-state index in [4.69, 9.17) is 4.74 Å². The Labute approximate surface area is 144 Å². The van der Waals surface area contributed by atoms with Crippen molar-refractivity contribution in [3.05, 3.63) is 41.6 Å². The minimum Gasteiger partial charge on any atom is -0.381 e. The minimum absolute atomic E-state index is 0.431. The van der Waals surface area contributed by atoms with E-state index in [0.29, 0.717) is 12.0 Å². The average Bonchev–Trinajstić information content (AvgIpc) is 2.59. The molecule has 1 nitrogen and oxygen atoms in total. The smallest absolute Gasteiger partial charge is 0.107 e. The summed E-state index contributed by atoms with van der Waals surface area (Å²) >= 11 is 0. The number of unbranched alkanes of at least 4 members (excludes halogenated alkanes) is 1. The van der Waals surface area contributed by atoms with Gasteiger partial charge in [0.2, 0.25) is 0 Å². The number of methoxy groups -OCH3 is 1. The molecule has 0 N–H and O–H groups in total. The highest BCUT2D eigenvalue weighted by Gasteiger charge is 2.30. The van der Waals surface area contributed by atoms with Crippen molar-refractivity contribution in [2.45, 2.75) is 71.1 Å². The molecule has 1 aromatic rings. The van der Waals surface area contributed by atoms with E-state index in [1.165, 1.54) is 44.9 Å². The van der Waals surface area contributed by atoms with Crippen LogP contribution in [0.5, 0.6) is 0 Å². The SMILES string of the molecule is CCCC/C(=C\[C@@H]1CCCC[C@H]1OC)[Si](C)(C)c1ccccc1. The van der Waals surface area contributed by atoms with Crippen molar-refractivity contribution in [1.29, 1.82) is 0 Å². The molecule has 2 rings (SSSR count). The normalized spacial score (nSPS) is 23.0. The van der Waals surface area contributed by atoms with Gasteiger partial charge < -0.3 is 4.74 Å². The summed E-state index contributed by atoms with van der Waals surface area (Å²) in [4.78, 5) is 0. The predicted molar refractivity (Wildman–Crippen MR) is 104 cm³/mol. The standard InChI is InChI=1S/C21H34OSi/c1-5-6-13-20(17-18-12-10-11-16-21(18)22-2)23(3,4)19-14-8-7-9-15-19/h7-9,14-15,17-18,21H,5-6,10-13,16H2,1-4H3/b20-17+/t18-,21+/m0/s1. The van der Waals surface area contributed by atoms with Crippen LogP contribution in [0.3, 0.4) is 0 Å². The number of hydrogen-bond acceptors (Lipinski definition) is 1. The van der Waals surface area contributed by atoms with Crippen LogP contribution in [0.25, 0.3) is 0 Å². The Hall–Kier alpha value is -0.863. The van der Waals surface area contributed by atoms with Crippen LogP contribution in [-0.4, -0.2) is 21.3 Å². The summed E-state index contributed by atoms with van der Waals surface area (Å²) in [5, 5.41) is 3.30. The molecule has 1 aliphatic carbocycles. The van der Waals surface area contributed by atoms with E-state index in [1.54, 1.807) is 10.4 Å². The molecule has 0 aromatic heterocycles. The van der Waals surface area contributed by atoms with Crippen molar-refractivity contribution in [2.24, 2.45) is 5.92 Å². The van der Waals surface area contributed by atoms with E-state index >= 15 is 0 Å². The molecule has 128 valence electrons. The van der Waals surface area contributed by atoms with Gasteiger partial charge in [-0.05, 0) is 19.3 Å². The second kappa shape index (κ2) is 8.84. The van der Waals surface area contributed by atoms with Gasteiger partial charge >= 0.3 is 0 Å². The molecule has 1 saturated carbocycles. The molecule has 0 radical (unpaired) electrons. The first-order chi connectivity index (χ1) is 11.1. The summed E-state index contributed by atoms with van der Waals surface area (Å²) in [6.07, 6.45) is 12.1. The van der Waals surface area contributed by atoms with Crippen molar-refractivity contribution < 1.29 is 4.74 Å². The zero-order valence-electron chi connectivity index (χ0n) is 15.5. The van der Waals surface area contributed by atoms with E-state index < -0.39 is 8.07 Å². The summed E-state index contributed by atoms with van der Waals surface area (Å²) in [7, 11) is 0.324. The van der Waals surface area contributed by atoms with Crippen molar-refractivity contribution in [3.8, 4) is 0 Å². The van der Waals surface area contributed by atoms with E-state index in [-0.39, 0.29) is 0 Å². The van der Waals surface area contributed by atoms with Gasteiger partial charge in [-0.2, -0.15) is 0 Å². The molecule has 1 aromatic carbocycles. The number of rotatable bonds is 7. The Balaban J connectivity index is 2.29. The van der Waals surface area contributed by atoms with Crippen molar-refractivity contribution in [2.75, 3.05) is 7.11 Å². The molecular weight excluding hydrogens is 296 g/mol. The molecule has 23 heavy (non-hydrogen) atoms. The van der Waals surface area contributed by atoms with Gasteiger partial charge in [0.25, 0.3) is 0 Å². The third-order valence-electron chi connectivity index (χ3n) is 5.57. The maximum Gasteiger partial charge on any atom is 0.107 e. The highest BCUT2D eigenvalue weighted by atomic mass is 28.3. The molecule has 1 fully saturated rings. The first kappa shape index (κ1) is 18.5. The second-order valence-electron chi connectivity index (χ2n) is 7.51. The van der Waals surface area contributed by atoms with Crippen LogP contribution in [-0.2, 0) is 4.74 Å². The zero-order valence-corrected chi connectivity index (χ0v) is 16.5. The van der Waals surface area contributed by atoms with E-state index in [2.05, 4.69) is 56.4 Å². The minimum atomic E-state index is -1.57. The Morgan fingerprint density at radius 3 is 2.52 bits per heavy atom. The monoisotopic (exact) mass is 330 g/mol. The fraction of sp³-hybridized carbons (Fsp3) is 0.619. The topological polar surface area (TPSA) is 9.23 Å².